The number of carbonyl (C=O) groups is 1. The van der Waals surface area contributed by atoms with Crippen molar-refractivity contribution in [1.82, 2.24) is 4.90 Å². The van der Waals surface area contributed by atoms with E-state index in [4.69, 9.17) is 19.3 Å². The molecule has 6 nitrogen and oxygen atoms in total. The number of carboxylic acids is 1. The lowest BCUT2D eigenvalue weighted by molar-refractivity contribution is 0.0696. The summed E-state index contributed by atoms with van der Waals surface area (Å²) in [5, 5.41) is 9.07. The summed E-state index contributed by atoms with van der Waals surface area (Å²) in [6.45, 7) is 3.52. The van der Waals surface area contributed by atoms with E-state index in [1.165, 1.54) is 5.56 Å². The molecule has 0 bridgehead atoms. The maximum absolute atomic E-state index is 11.1. The molecule has 2 heterocycles. The lowest BCUT2D eigenvalue weighted by Crippen LogP contribution is -2.28. The molecule has 27 heavy (non-hydrogen) atoms. The van der Waals surface area contributed by atoms with Gasteiger partial charge in [0, 0.05) is 12.6 Å². The van der Waals surface area contributed by atoms with Crippen LogP contribution >= 0.6 is 0 Å². The van der Waals surface area contributed by atoms with Gasteiger partial charge >= 0.3 is 5.97 Å². The van der Waals surface area contributed by atoms with Crippen LogP contribution in [-0.2, 0) is 0 Å². The van der Waals surface area contributed by atoms with Crippen LogP contribution in [0.25, 0.3) is 0 Å². The third kappa shape index (κ3) is 4.01. The van der Waals surface area contributed by atoms with E-state index >= 15 is 0 Å². The molecule has 2 aliphatic rings. The van der Waals surface area contributed by atoms with E-state index in [9.17, 15) is 4.79 Å². The Hall–Kier alpha value is -2.73. The predicted octanol–water partition coefficient (Wildman–Crippen LogP) is 3.37. The summed E-state index contributed by atoms with van der Waals surface area (Å²) in [6, 6.07) is 13.2. The fourth-order valence-corrected chi connectivity index (χ4v) is 3.74. The van der Waals surface area contributed by atoms with Crippen molar-refractivity contribution >= 4 is 5.97 Å². The average molecular weight is 369 g/mol. The van der Waals surface area contributed by atoms with Crippen LogP contribution in [0.15, 0.2) is 42.5 Å². The molecule has 1 N–H and O–H groups in total. The number of hydrogen-bond acceptors (Lipinski definition) is 5. The minimum absolute atomic E-state index is 0.239. The second kappa shape index (κ2) is 7.88. The van der Waals surface area contributed by atoms with Gasteiger partial charge in [0.25, 0.3) is 0 Å². The van der Waals surface area contributed by atoms with Crippen LogP contribution in [0, 0.1) is 0 Å². The van der Waals surface area contributed by atoms with E-state index in [1.54, 1.807) is 24.3 Å². The molecule has 2 aromatic rings. The monoisotopic (exact) mass is 369 g/mol. The number of aromatic carboxylic acids is 1. The second-order valence-electron chi connectivity index (χ2n) is 6.78. The number of likely N-dealkylation sites (tertiary alicyclic amines) is 1. The fourth-order valence-electron chi connectivity index (χ4n) is 3.74. The zero-order valence-corrected chi connectivity index (χ0v) is 15.1. The van der Waals surface area contributed by atoms with E-state index in [0.29, 0.717) is 31.6 Å². The minimum atomic E-state index is -0.946. The zero-order valence-electron chi connectivity index (χ0n) is 15.1. The van der Waals surface area contributed by atoms with Crippen molar-refractivity contribution in [2.45, 2.75) is 18.9 Å². The molecule has 0 amide bonds. The van der Waals surface area contributed by atoms with Crippen molar-refractivity contribution in [3.05, 3.63) is 53.6 Å². The van der Waals surface area contributed by atoms with Crippen molar-refractivity contribution in [3.63, 3.8) is 0 Å². The number of ether oxygens (including phenoxy) is 3. The molecule has 1 atom stereocenters. The molecule has 0 spiro atoms. The number of rotatable bonds is 6. The standard InChI is InChI=1S/C21H23NO5/c23-21(24)16-3-1-4-17(13-16)25-10-9-22-8-2-5-18(22)15-6-7-19-20(14-15)27-12-11-26-19/h1,3-4,6-7,13-14,18H,2,5,8-12H2,(H,23,24). The van der Waals surface area contributed by atoms with Crippen LogP contribution in [0.5, 0.6) is 17.2 Å². The van der Waals surface area contributed by atoms with Crippen LogP contribution < -0.4 is 14.2 Å². The molecule has 4 rings (SSSR count). The Balaban J connectivity index is 1.37. The molecular weight excluding hydrogens is 346 g/mol. The van der Waals surface area contributed by atoms with Gasteiger partial charge in [-0.15, -0.1) is 0 Å². The number of nitrogens with zero attached hydrogens (tertiary/aromatic N) is 1. The molecule has 0 aromatic heterocycles. The van der Waals surface area contributed by atoms with Gasteiger partial charge in [-0.05, 0) is 55.3 Å². The van der Waals surface area contributed by atoms with Gasteiger partial charge < -0.3 is 19.3 Å². The number of hydrogen-bond donors (Lipinski definition) is 1. The van der Waals surface area contributed by atoms with Crippen molar-refractivity contribution in [2.75, 3.05) is 32.9 Å². The van der Waals surface area contributed by atoms with E-state index in [-0.39, 0.29) is 5.56 Å². The van der Waals surface area contributed by atoms with Gasteiger partial charge in [0.2, 0.25) is 0 Å². The molecule has 1 saturated heterocycles. The molecule has 142 valence electrons. The molecule has 1 unspecified atom stereocenters. The first-order valence-electron chi connectivity index (χ1n) is 9.30. The highest BCUT2D eigenvalue weighted by Crippen LogP contribution is 2.37. The SMILES string of the molecule is O=C(O)c1cccc(OCCN2CCCC2c2ccc3c(c2)OCCO3)c1. The van der Waals surface area contributed by atoms with Gasteiger partial charge in [0.15, 0.2) is 11.5 Å². The van der Waals surface area contributed by atoms with E-state index in [0.717, 1.165) is 37.4 Å². The summed E-state index contributed by atoms with van der Waals surface area (Å²) >= 11 is 0. The van der Waals surface area contributed by atoms with Crippen LogP contribution in [0.2, 0.25) is 0 Å². The average Bonchev–Trinajstić information content (AvgIpc) is 3.16. The molecule has 2 aromatic carbocycles. The third-order valence-corrected chi connectivity index (χ3v) is 5.04. The predicted molar refractivity (Wildman–Crippen MR) is 99.9 cm³/mol. The zero-order chi connectivity index (χ0) is 18.6. The quantitative estimate of drug-likeness (QED) is 0.842. The van der Waals surface area contributed by atoms with Crippen LogP contribution in [-0.4, -0.2) is 48.9 Å². The molecule has 1 fully saturated rings. The molecule has 0 radical (unpaired) electrons. The van der Waals surface area contributed by atoms with Gasteiger partial charge in [0.05, 0.1) is 5.56 Å². The first kappa shape index (κ1) is 17.7. The van der Waals surface area contributed by atoms with E-state index in [2.05, 4.69) is 17.0 Å². The maximum Gasteiger partial charge on any atom is 0.335 e. The fraction of sp³-hybridized carbons (Fsp3) is 0.381. The number of fused-ring (bicyclic) bond motifs is 1. The minimum Gasteiger partial charge on any atom is -0.492 e. The van der Waals surface area contributed by atoms with Gasteiger partial charge in [-0.25, -0.2) is 4.79 Å². The van der Waals surface area contributed by atoms with Crippen LogP contribution in [0.3, 0.4) is 0 Å². The number of benzene rings is 2. The third-order valence-electron chi connectivity index (χ3n) is 5.04. The van der Waals surface area contributed by atoms with Crippen LogP contribution in [0.1, 0.15) is 34.8 Å². The summed E-state index contributed by atoms with van der Waals surface area (Å²) in [4.78, 5) is 13.5. The summed E-state index contributed by atoms with van der Waals surface area (Å²) in [5.41, 5.74) is 1.48. The van der Waals surface area contributed by atoms with Gasteiger partial charge in [-0.3, -0.25) is 4.90 Å². The first-order valence-corrected chi connectivity index (χ1v) is 9.30. The number of carboxylic acid groups (broad SMARTS) is 1. The Labute approximate surface area is 158 Å². The highest BCUT2D eigenvalue weighted by molar-refractivity contribution is 5.87. The smallest absolute Gasteiger partial charge is 0.335 e. The Morgan fingerprint density at radius 1 is 1.15 bits per heavy atom. The lowest BCUT2D eigenvalue weighted by atomic mass is 10.0. The summed E-state index contributed by atoms with van der Waals surface area (Å²) in [7, 11) is 0. The second-order valence-corrected chi connectivity index (χ2v) is 6.78. The van der Waals surface area contributed by atoms with Crippen molar-refractivity contribution in [2.24, 2.45) is 0 Å². The summed E-state index contributed by atoms with van der Waals surface area (Å²) in [6.07, 6.45) is 2.25. The Morgan fingerprint density at radius 2 is 2.00 bits per heavy atom. The van der Waals surface area contributed by atoms with Crippen molar-refractivity contribution in [1.29, 1.82) is 0 Å². The largest absolute Gasteiger partial charge is 0.492 e. The first-order chi connectivity index (χ1) is 13.2. The Morgan fingerprint density at radius 3 is 2.85 bits per heavy atom. The normalized spacial score (nSPS) is 19.0. The van der Waals surface area contributed by atoms with E-state index in [1.807, 2.05) is 6.07 Å². The highest BCUT2D eigenvalue weighted by atomic mass is 16.6. The molecule has 6 heteroatoms. The summed E-state index contributed by atoms with van der Waals surface area (Å²) < 4.78 is 17.1. The molecule has 0 aliphatic carbocycles. The van der Waals surface area contributed by atoms with Gasteiger partial charge in [-0.1, -0.05) is 12.1 Å². The highest BCUT2D eigenvalue weighted by Gasteiger charge is 2.27. The summed E-state index contributed by atoms with van der Waals surface area (Å²) in [5.74, 6) is 1.28. The van der Waals surface area contributed by atoms with E-state index < -0.39 is 5.97 Å². The van der Waals surface area contributed by atoms with Crippen molar-refractivity contribution in [3.8, 4) is 17.2 Å². The Kier molecular flexibility index (Phi) is 5.16. The van der Waals surface area contributed by atoms with Gasteiger partial charge in [-0.2, -0.15) is 0 Å². The molecule has 2 aliphatic heterocycles. The van der Waals surface area contributed by atoms with Crippen LogP contribution in [0.4, 0.5) is 0 Å². The molecular formula is C21H23NO5. The molecule has 0 saturated carbocycles. The van der Waals surface area contributed by atoms with Crippen molar-refractivity contribution < 1.29 is 24.1 Å². The lowest BCUT2D eigenvalue weighted by Gasteiger charge is -2.26. The Bertz CT molecular complexity index is 822. The topological polar surface area (TPSA) is 68.2 Å². The maximum atomic E-state index is 11.1. The van der Waals surface area contributed by atoms with Gasteiger partial charge in [0.1, 0.15) is 25.6 Å².